The fourth-order valence-corrected chi connectivity index (χ4v) is 2.80. The summed E-state index contributed by atoms with van der Waals surface area (Å²) in [5.41, 5.74) is -0.888. The second-order valence-corrected chi connectivity index (χ2v) is 6.90. The Bertz CT molecular complexity index is 1230. The highest BCUT2D eigenvalue weighted by atomic mass is 35.5. The molecule has 12 heteroatoms. The Balaban J connectivity index is 1.55. The van der Waals surface area contributed by atoms with Gasteiger partial charge in [0, 0.05) is 17.8 Å². The Hall–Kier alpha value is -4.25. The van der Waals surface area contributed by atoms with Crippen LogP contribution in [0, 0.1) is 10.1 Å². The van der Waals surface area contributed by atoms with Crippen LogP contribution in [0.5, 0.6) is 5.75 Å². The number of esters is 1. The molecule has 0 saturated heterocycles. The van der Waals surface area contributed by atoms with E-state index in [2.05, 4.69) is 10.4 Å². The van der Waals surface area contributed by atoms with Gasteiger partial charge >= 0.3 is 5.97 Å². The van der Waals surface area contributed by atoms with Crippen LogP contribution in [0.1, 0.15) is 10.5 Å². The largest absolute Gasteiger partial charge is 0.492 e. The number of anilines is 1. The lowest BCUT2D eigenvalue weighted by Gasteiger charge is -2.09. The Morgan fingerprint density at radius 2 is 1.88 bits per heavy atom. The van der Waals surface area contributed by atoms with Gasteiger partial charge in [-0.2, -0.15) is 5.10 Å². The SMILES string of the molecule is O=C(COC(=O)c1ccc(=O)n(CCOc2ccccc2)n1)Nc1ccc(Cl)c([N+](=O)[O-])c1. The molecule has 3 rings (SSSR count). The molecule has 3 aromatic rings. The molecule has 2 aromatic carbocycles. The number of hydrogen-bond acceptors (Lipinski definition) is 8. The van der Waals surface area contributed by atoms with Crippen LogP contribution in [0.15, 0.2) is 65.5 Å². The second kappa shape index (κ2) is 10.9. The van der Waals surface area contributed by atoms with Gasteiger partial charge in [0.05, 0.1) is 11.5 Å². The summed E-state index contributed by atoms with van der Waals surface area (Å²) in [6.45, 7) is -0.442. The third kappa shape index (κ3) is 6.61. The standard InChI is InChI=1S/C21H17ClN4O7/c22-16-7-6-14(12-18(16)26(30)31)23-19(27)13-33-21(29)17-8-9-20(28)25(24-17)10-11-32-15-4-2-1-3-5-15/h1-9,12H,10-11,13H2,(H,23,27). The van der Waals surface area contributed by atoms with Gasteiger partial charge in [0.1, 0.15) is 17.4 Å². The number of rotatable bonds is 9. The van der Waals surface area contributed by atoms with Crippen molar-refractivity contribution in [2.75, 3.05) is 18.5 Å². The molecule has 0 radical (unpaired) electrons. The molecule has 0 bridgehead atoms. The number of nitrogens with one attached hydrogen (secondary N) is 1. The van der Waals surface area contributed by atoms with E-state index in [0.717, 1.165) is 16.8 Å². The number of nitro groups is 1. The second-order valence-electron chi connectivity index (χ2n) is 6.49. The zero-order chi connectivity index (χ0) is 23.8. The molecule has 1 aromatic heterocycles. The topological polar surface area (TPSA) is 143 Å². The number of para-hydroxylation sites is 1. The molecule has 0 aliphatic carbocycles. The van der Waals surface area contributed by atoms with E-state index in [-0.39, 0.29) is 35.2 Å². The lowest BCUT2D eigenvalue weighted by atomic mass is 10.3. The van der Waals surface area contributed by atoms with E-state index < -0.39 is 29.0 Å². The Labute approximate surface area is 191 Å². The number of carbonyl (C=O) groups excluding carboxylic acids is 2. The lowest BCUT2D eigenvalue weighted by molar-refractivity contribution is -0.384. The molecule has 0 saturated carbocycles. The summed E-state index contributed by atoms with van der Waals surface area (Å²) in [7, 11) is 0. The molecule has 1 heterocycles. The summed E-state index contributed by atoms with van der Waals surface area (Å²) in [5.74, 6) is -1.03. The molecule has 33 heavy (non-hydrogen) atoms. The minimum Gasteiger partial charge on any atom is -0.492 e. The first-order valence-electron chi connectivity index (χ1n) is 9.50. The van der Waals surface area contributed by atoms with Crippen LogP contribution in [-0.4, -0.2) is 39.8 Å². The molecule has 0 fully saturated rings. The molecular formula is C21H17ClN4O7. The van der Waals surface area contributed by atoms with Crippen LogP contribution in [0.4, 0.5) is 11.4 Å². The highest BCUT2D eigenvalue weighted by molar-refractivity contribution is 6.32. The zero-order valence-corrected chi connectivity index (χ0v) is 17.7. The number of hydrogen-bond donors (Lipinski definition) is 1. The van der Waals surface area contributed by atoms with Gasteiger partial charge < -0.3 is 14.8 Å². The van der Waals surface area contributed by atoms with E-state index in [0.29, 0.717) is 5.75 Å². The number of ether oxygens (including phenoxy) is 2. The van der Waals surface area contributed by atoms with Crippen LogP contribution in [0.2, 0.25) is 5.02 Å². The number of nitrogens with zero attached hydrogens (tertiary/aromatic N) is 3. The molecule has 170 valence electrons. The fourth-order valence-electron chi connectivity index (χ4n) is 2.62. The van der Waals surface area contributed by atoms with E-state index in [1.807, 2.05) is 6.07 Å². The van der Waals surface area contributed by atoms with E-state index in [1.54, 1.807) is 24.3 Å². The number of aromatic nitrogens is 2. The van der Waals surface area contributed by atoms with E-state index in [9.17, 15) is 24.5 Å². The van der Waals surface area contributed by atoms with Gasteiger partial charge in [0.25, 0.3) is 17.2 Å². The van der Waals surface area contributed by atoms with Crippen LogP contribution >= 0.6 is 11.6 Å². The van der Waals surface area contributed by atoms with Crippen molar-refractivity contribution in [2.24, 2.45) is 0 Å². The zero-order valence-electron chi connectivity index (χ0n) is 17.0. The average Bonchev–Trinajstić information content (AvgIpc) is 2.80. The smallest absolute Gasteiger partial charge is 0.359 e. The van der Waals surface area contributed by atoms with E-state index in [4.69, 9.17) is 21.1 Å². The first kappa shape index (κ1) is 23.4. The van der Waals surface area contributed by atoms with Gasteiger partial charge in [0.2, 0.25) is 0 Å². The summed E-state index contributed by atoms with van der Waals surface area (Å²) < 4.78 is 11.5. The normalized spacial score (nSPS) is 10.3. The number of amides is 1. The molecule has 1 N–H and O–H groups in total. The lowest BCUT2D eigenvalue weighted by Crippen LogP contribution is -2.28. The Morgan fingerprint density at radius 1 is 1.12 bits per heavy atom. The maximum Gasteiger partial charge on any atom is 0.359 e. The summed E-state index contributed by atoms with van der Waals surface area (Å²) >= 11 is 5.72. The van der Waals surface area contributed by atoms with Crippen molar-refractivity contribution < 1.29 is 24.0 Å². The van der Waals surface area contributed by atoms with Gasteiger partial charge in [-0.25, -0.2) is 9.48 Å². The molecule has 0 atom stereocenters. The molecule has 0 unspecified atom stereocenters. The van der Waals surface area contributed by atoms with Crippen molar-refractivity contribution in [1.82, 2.24) is 9.78 Å². The monoisotopic (exact) mass is 472 g/mol. The highest BCUT2D eigenvalue weighted by Crippen LogP contribution is 2.27. The maximum absolute atomic E-state index is 12.2. The number of nitro benzene ring substituents is 1. The van der Waals surface area contributed by atoms with Gasteiger partial charge in [-0.3, -0.25) is 19.7 Å². The predicted molar refractivity (Wildman–Crippen MR) is 117 cm³/mol. The van der Waals surface area contributed by atoms with Crippen LogP contribution in [0.25, 0.3) is 0 Å². The van der Waals surface area contributed by atoms with Gasteiger partial charge in [-0.15, -0.1) is 0 Å². The number of benzene rings is 2. The number of halogens is 1. The van der Waals surface area contributed by atoms with Crippen molar-refractivity contribution in [3.63, 3.8) is 0 Å². The molecule has 0 aliphatic rings. The summed E-state index contributed by atoms with van der Waals surface area (Å²) in [4.78, 5) is 46.5. The Morgan fingerprint density at radius 3 is 2.61 bits per heavy atom. The average molecular weight is 473 g/mol. The quantitative estimate of drug-likeness (QED) is 0.284. The van der Waals surface area contributed by atoms with Gasteiger partial charge in [-0.05, 0) is 30.3 Å². The maximum atomic E-state index is 12.2. The minimum absolute atomic E-state index is 0.0835. The van der Waals surface area contributed by atoms with Crippen molar-refractivity contribution in [3.8, 4) is 5.75 Å². The van der Waals surface area contributed by atoms with Crippen molar-refractivity contribution in [2.45, 2.75) is 6.54 Å². The Kier molecular flexibility index (Phi) is 7.71. The number of carbonyl (C=O) groups is 2. The molecule has 11 nitrogen and oxygen atoms in total. The molecule has 0 aliphatic heterocycles. The van der Waals surface area contributed by atoms with Crippen LogP contribution in [-0.2, 0) is 16.1 Å². The first-order chi connectivity index (χ1) is 15.8. The first-order valence-corrected chi connectivity index (χ1v) is 9.88. The molecule has 0 spiro atoms. The van der Waals surface area contributed by atoms with E-state index >= 15 is 0 Å². The molecule has 1 amide bonds. The van der Waals surface area contributed by atoms with Gasteiger partial charge in [-0.1, -0.05) is 29.8 Å². The highest BCUT2D eigenvalue weighted by Gasteiger charge is 2.16. The van der Waals surface area contributed by atoms with Crippen LogP contribution in [0.3, 0.4) is 0 Å². The predicted octanol–water partition coefficient (Wildman–Crippen LogP) is 2.68. The third-order valence-corrected chi connectivity index (χ3v) is 4.47. The third-order valence-electron chi connectivity index (χ3n) is 4.15. The minimum atomic E-state index is -0.926. The summed E-state index contributed by atoms with van der Waals surface area (Å²) in [6, 6.07) is 15.0. The van der Waals surface area contributed by atoms with Crippen molar-refractivity contribution in [1.29, 1.82) is 0 Å². The molecular weight excluding hydrogens is 456 g/mol. The van der Waals surface area contributed by atoms with Gasteiger partial charge in [0.15, 0.2) is 12.3 Å². The van der Waals surface area contributed by atoms with E-state index in [1.165, 1.54) is 18.2 Å². The fraction of sp³-hybridized carbons (Fsp3) is 0.143. The summed E-state index contributed by atoms with van der Waals surface area (Å²) in [5, 5.41) is 17.1. The van der Waals surface area contributed by atoms with Crippen molar-refractivity contribution in [3.05, 3.63) is 91.8 Å². The van der Waals surface area contributed by atoms with Crippen LogP contribution < -0.4 is 15.6 Å². The summed E-state index contributed by atoms with van der Waals surface area (Å²) in [6.07, 6.45) is 0. The van der Waals surface area contributed by atoms with Crippen molar-refractivity contribution >= 4 is 34.9 Å².